The highest BCUT2D eigenvalue weighted by Crippen LogP contribution is 2.43. The van der Waals surface area contributed by atoms with Crippen LogP contribution in [0, 0.1) is 0 Å². The van der Waals surface area contributed by atoms with Crippen LogP contribution >= 0.6 is 11.3 Å². The number of fused-ring (bicyclic) bond motifs is 3. The van der Waals surface area contributed by atoms with E-state index in [9.17, 15) is 14.7 Å². The third-order valence-electron chi connectivity index (χ3n) is 4.13. The second-order valence-corrected chi connectivity index (χ2v) is 6.36. The van der Waals surface area contributed by atoms with Gasteiger partial charge in [-0.3, -0.25) is 4.79 Å². The maximum atomic E-state index is 11.8. The average Bonchev–Trinajstić information content (AvgIpc) is 3.27. The van der Waals surface area contributed by atoms with Crippen molar-refractivity contribution >= 4 is 23.2 Å². The van der Waals surface area contributed by atoms with Gasteiger partial charge in [0.05, 0.1) is 29.6 Å². The molecular formula is C17H13N3O5S. The smallest absolute Gasteiger partial charge is 0.356 e. The number of methoxy groups -OCH3 is 1. The number of thiophene rings is 1. The molecule has 26 heavy (non-hydrogen) atoms. The monoisotopic (exact) mass is 371 g/mol. The summed E-state index contributed by atoms with van der Waals surface area (Å²) < 4.78 is 12.5. The number of nitrogens with two attached hydrogens (primary N) is 1. The van der Waals surface area contributed by atoms with E-state index in [1.54, 1.807) is 16.8 Å². The first-order chi connectivity index (χ1) is 12.5. The minimum Gasteiger partial charge on any atom is -0.496 e. The van der Waals surface area contributed by atoms with Crippen LogP contribution in [0.3, 0.4) is 0 Å². The van der Waals surface area contributed by atoms with Gasteiger partial charge in [0.25, 0.3) is 5.91 Å². The molecule has 0 spiro atoms. The molecule has 0 fully saturated rings. The molecule has 3 aromatic rings. The van der Waals surface area contributed by atoms with Gasteiger partial charge in [0, 0.05) is 17.0 Å². The zero-order valence-electron chi connectivity index (χ0n) is 13.6. The Morgan fingerprint density at radius 1 is 1.42 bits per heavy atom. The van der Waals surface area contributed by atoms with Crippen LogP contribution in [-0.2, 0) is 6.61 Å². The average molecular weight is 371 g/mol. The number of amides is 1. The third-order valence-corrected chi connectivity index (χ3v) is 4.80. The summed E-state index contributed by atoms with van der Waals surface area (Å²) in [6.45, 7) is 0.0488. The summed E-state index contributed by atoms with van der Waals surface area (Å²) in [5.74, 6) is -1.05. The van der Waals surface area contributed by atoms with Crippen molar-refractivity contribution in [2.75, 3.05) is 7.11 Å². The van der Waals surface area contributed by atoms with Crippen LogP contribution < -0.4 is 15.2 Å². The Morgan fingerprint density at radius 2 is 2.23 bits per heavy atom. The highest BCUT2D eigenvalue weighted by molar-refractivity contribution is 7.08. The van der Waals surface area contributed by atoms with E-state index in [0.717, 1.165) is 5.69 Å². The number of carbonyl (C=O) groups excluding carboxylic acids is 1. The van der Waals surface area contributed by atoms with Crippen molar-refractivity contribution < 1.29 is 24.2 Å². The van der Waals surface area contributed by atoms with Gasteiger partial charge in [-0.25, -0.2) is 9.48 Å². The van der Waals surface area contributed by atoms with Crippen molar-refractivity contribution in [1.29, 1.82) is 0 Å². The van der Waals surface area contributed by atoms with Crippen molar-refractivity contribution in [2.45, 2.75) is 6.61 Å². The van der Waals surface area contributed by atoms with E-state index in [-0.39, 0.29) is 17.9 Å². The number of hydrogen-bond acceptors (Lipinski definition) is 6. The molecule has 132 valence electrons. The van der Waals surface area contributed by atoms with Gasteiger partial charge in [0.1, 0.15) is 18.1 Å². The molecule has 1 aromatic carbocycles. The van der Waals surface area contributed by atoms with Crippen LogP contribution in [0.2, 0.25) is 0 Å². The molecule has 0 aliphatic carbocycles. The first-order valence-corrected chi connectivity index (χ1v) is 8.48. The lowest BCUT2D eigenvalue weighted by Gasteiger charge is -2.21. The highest BCUT2D eigenvalue weighted by atomic mass is 32.1. The van der Waals surface area contributed by atoms with E-state index in [1.807, 2.05) is 16.8 Å². The summed E-state index contributed by atoms with van der Waals surface area (Å²) >= 11 is 1.46. The number of benzene rings is 1. The highest BCUT2D eigenvalue weighted by Gasteiger charge is 2.31. The Balaban J connectivity index is 2.04. The predicted molar refractivity (Wildman–Crippen MR) is 93.2 cm³/mol. The van der Waals surface area contributed by atoms with Gasteiger partial charge in [-0.1, -0.05) is 0 Å². The van der Waals surface area contributed by atoms with Crippen LogP contribution in [-0.4, -0.2) is 33.9 Å². The summed E-state index contributed by atoms with van der Waals surface area (Å²) in [4.78, 5) is 23.4. The van der Waals surface area contributed by atoms with Crippen LogP contribution in [0.1, 0.15) is 26.4 Å². The van der Waals surface area contributed by atoms with E-state index < -0.39 is 11.9 Å². The first-order valence-electron chi connectivity index (χ1n) is 7.54. The minimum absolute atomic E-state index is 0.0488. The Morgan fingerprint density at radius 3 is 2.85 bits per heavy atom. The van der Waals surface area contributed by atoms with Crippen LogP contribution in [0.4, 0.5) is 0 Å². The number of ether oxygens (including phenoxy) is 2. The summed E-state index contributed by atoms with van der Waals surface area (Å²) in [6, 6.07) is 4.95. The summed E-state index contributed by atoms with van der Waals surface area (Å²) in [5, 5.41) is 17.5. The van der Waals surface area contributed by atoms with Crippen LogP contribution in [0.5, 0.6) is 11.5 Å². The quantitative estimate of drug-likeness (QED) is 0.727. The maximum Gasteiger partial charge on any atom is 0.356 e. The molecule has 1 aliphatic rings. The molecule has 0 radical (unpaired) electrons. The van der Waals surface area contributed by atoms with E-state index in [2.05, 4.69) is 5.10 Å². The van der Waals surface area contributed by atoms with Gasteiger partial charge in [0.15, 0.2) is 5.69 Å². The van der Waals surface area contributed by atoms with Gasteiger partial charge in [-0.15, -0.1) is 0 Å². The molecule has 0 saturated carbocycles. The van der Waals surface area contributed by atoms with Crippen LogP contribution in [0.15, 0.2) is 29.0 Å². The SMILES string of the molecule is COc1cc2c(cc1C(N)=O)-c1c(c(C(=O)O)nn1-c1ccsc1)CO2. The van der Waals surface area contributed by atoms with E-state index in [1.165, 1.54) is 18.4 Å². The largest absolute Gasteiger partial charge is 0.496 e. The fraction of sp³-hybridized carbons (Fsp3) is 0.118. The molecule has 3 N–H and O–H groups in total. The van der Waals surface area contributed by atoms with Crippen LogP contribution in [0.25, 0.3) is 16.9 Å². The topological polar surface area (TPSA) is 117 Å². The van der Waals surface area contributed by atoms with Crippen molar-refractivity contribution in [2.24, 2.45) is 5.73 Å². The number of carbonyl (C=O) groups is 2. The number of primary amides is 1. The summed E-state index contributed by atoms with van der Waals surface area (Å²) in [6.07, 6.45) is 0. The Hall–Kier alpha value is -3.33. The summed E-state index contributed by atoms with van der Waals surface area (Å²) in [7, 11) is 1.43. The van der Waals surface area contributed by atoms with Crippen molar-refractivity contribution in [1.82, 2.24) is 9.78 Å². The molecule has 0 unspecified atom stereocenters. The fourth-order valence-corrected chi connectivity index (χ4v) is 3.59. The van der Waals surface area contributed by atoms with Crippen molar-refractivity contribution in [3.05, 3.63) is 45.8 Å². The number of carboxylic acids is 1. The molecule has 1 amide bonds. The Bertz CT molecular complexity index is 1040. The number of carboxylic acid groups (broad SMARTS) is 1. The number of hydrogen-bond donors (Lipinski definition) is 2. The lowest BCUT2D eigenvalue weighted by molar-refractivity contribution is 0.0686. The zero-order valence-corrected chi connectivity index (χ0v) is 14.4. The fourth-order valence-electron chi connectivity index (χ4n) is 2.98. The zero-order chi connectivity index (χ0) is 18.4. The molecular weight excluding hydrogens is 358 g/mol. The predicted octanol–water partition coefficient (Wildman–Crippen LogP) is 2.30. The molecule has 3 heterocycles. The van der Waals surface area contributed by atoms with E-state index >= 15 is 0 Å². The Kier molecular flexibility index (Phi) is 3.66. The van der Waals surface area contributed by atoms with Gasteiger partial charge in [0.2, 0.25) is 0 Å². The number of aromatic nitrogens is 2. The second kappa shape index (κ2) is 5.88. The molecule has 9 heteroatoms. The van der Waals surface area contributed by atoms with Crippen molar-refractivity contribution in [3.63, 3.8) is 0 Å². The molecule has 4 rings (SSSR count). The molecule has 8 nitrogen and oxygen atoms in total. The van der Waals surface area contributed by atoms with E-state index in [0.29, 0.717) is 28.3 Å². The van der Waals surface area contributed by atoms with E-state index in [4.69, 9.17) is 15.2 Å². The lowest BCUT2D eigenvalue weighted by atomic mass is 9.99. The minimum atomic E-state index is -1.15. The van der Waals surface area contributed by atoms with Gasteiger partial charge >= 0.3 is 5.97 Å². The normalized spacial score (nSPS) is 12.0. The molecule has 1 aliphatic heterocycles. The standard InChI is InChI=1S/C17H13N3O5S/c1-24-12-5-13-9(4-10(12)16(18)21)15-11(6-25-13)14(17(22)23)19-20(15)8-2-3-26-7-8/h2-5,7H,6H2,1H3,(H2,18,21)(H,22,23). The Labute approximate surface area is 151 Å². The van der Waals surface area contributed by atoms with Gasteiger partial charge < -0.3 is 20.3 Å². The number of nitrogens with zero attached hydrogens (tertiary/aromatic N) is 2. The lowest BCUT2D eigenvalue weighted by Crippen LogP contribution is -2.15. The molecule has 2 aromatic heterocycles. The molecule has 0 saturated heterocycles. The number of rotatable bonds is 4. The van der Waals surface area contributed by atoms with Gasteiger partial charge in [-0.2, -0.15) is 16.4 Å². The summed E-state index contributed by atoms with van der Waals surface area (Å²) in [5.41, 5.74) is 7.81. The van der Waals surface area contributed by atoms with Crippen molar-refractivity contribution in [3.8, 4) is 28.4 Å². The molecule has 0 atom stereocenters. The molecule has 0 bridgehead atoms. The maximum absolute atomic E-state index is 11.8. The second-order valence-electron chi connectivity index (χ2n) is 5.58. The number of aromatic carboxylic acids is 1. The third kappa shape index (κ3) is 2.32. The van der Waals surface area contributed by atoms with Gasteiger partial charge in [-0.05, 0) is 17.5 Å². The first kappa shape index (κ1) is 16.2.